The second-order valence-electron chi connectivity index (χ2n) is 4.77. The molecule has 5 nitrogen and oxygen atoms in total. The van der Waals surface area contributed by atoms with E-state index in [1.807, 2.05) is 37.3 Å². The van der Waals surface area contributed by atoms with Crippen molar-refractivity contribution in [2.75, 3.05) is 5.73 Å². The fourth-order valence-corrected chi connectivity index (χ4v) is 2.23. The molecule has 0 amide bonds. The first kappa shape index (κ1) is 13.2. The lowest BCUT2D eigenvalue weighted by Gasteiger charge is -2.14. The van der Waals surface area contributed by atoms with E-state index in [1.165, 1.54) is 18.2 Å². The zero-order chi connectivity index (χ0) is 14.8. The summed E-state index contributed by atoms with van der Waals surface area (Å²) in [5.41, 5.74) is 7.90. The predicted molar refractivity (Wildman–Crippen MR) is 77.9 cm³/mol. The van der Waals surface area contributed by atoms with E-state index in [-0.39, 0.29) is 11.9 Å². The standard InChI is InChI=1S/C15H14FN5/c1-10(11-5-3-2-4-6-11)21-15(18-19-20-21)13-9-12(16)7-8-14(13)17/h2-10H,17H2,1H3. The van der Waals surface area contributed by atoms with Crippen LogP contribution in [0.1, 0.15) is 18.5 Å². The van der Waals surface area contributed by atoms with Crippen LogP contribution in [0.3, 0.4) is 0 Å². The summed E-state index contributed by atoms with van der Waals surface area (Å²) in [6, 6.07) is 13.9. The fourth-order valence-electron chi connectivity index (χ4n) is 2.23. The summed E-state index contributed by atoms with van der Waals surface area (Å²) in [5, 5.41) is 11.7. The van der Waals surface area contributed by atoms with Crippen LogP contribution < -0.4 is 5.73 Å². The van der Waals surface area contributed by atoms with E-state index in [4.69, 9.17) is 5.73 Å². The van der Waals surface area contributed by atoms with Gasteiger partial charge in [0.2, 0.25) is 0 Å². The van der Waals surface area contributed by atoms with E-state index in [2.05, 4.69) is 15.5 Å². The molecule has 1 heterocycles. The van der Waals surface area contributed by atoms with Gasteiger partial charge < -0.3 is 5.73 Å². The monoisotopic (exact) mass is 283 g/mol. The molecule has 0 fully saturated rings. The number of anilines is 1. The number of nitrogens with two attached hydrogens (primary N) is 1. The van der Waals surface area contributed by atoms with Gasteiger partial charge >= 0.3 is 0 Å². The number of hydrogen-bond acceptors (Lipinski definition) is 4. The van der Waals surface area contributed by atoms with Gasteiger partial charge in [-0.25, -0.2) is 9.07 Å². The highest BCUT2D eigenvalue weighted by molar-refractivity contribution is 5.71. The van der Waals surface area contributed by atoms with Crippen LogP contribution in [0.5, 0.6) is 0 Å². The van der Waals surface area contributed by atoms with Crippen LogP contribution in [0.15, 0.2) is 48.5 Å². The van der Waals surface area contributed by atoms with Crippen molar-refractivity contribution < 1.29 is 4.39 Å². The van der Waals surface area contributed by atoms with E-state index >= 15 is 0 Å². The smallest absolute Gasteiger partial charge is 0.184 e. The van der Waals surface area contributed by atoms with Crippen molar-refractivity contribution in [2.24, 2.45) is 0 Å². The molecular weight excluding hydrogens is 269 g/mol. The molecule has 1 aromatic heterocycles. The van der Waals surface area contributed by atoms with Gasteiger partial charge in [-0.2, -0.15) is 0 Å². The summed E-state index contributed by atoms with van der Waals surface area (Å²) < 4.78 is 15.1. The van der Waals surface area contributed by atoms with Gasteiger partial charge in [0.1, 0.15) is 5.82 Å². The topological polar surface area (TPSA) is 69.6 Å². The lowest BCUT2D eigenvalue weighted by molar-refractivity contribution is 0.548. The van der Waals surface area contributed by atoms with Crippen LogP contribution in [0.4, 0.5) is 10.1 Å². The highest BCUT2D eigenvalue weighted by atomic mass is 19.1. The Bertz CT molecular complexity index is 754. The van der Waals surface area contributed by atoms with Gasteiger partial charge in [0.25, 0.3) is 0 Å². The highest BCUT2D eigenvalue weighted by Crippen LogP contribution is 2.28. The molecule has 0 saturated carbocycles. The third kappa shape index (κ3) is 2.47. The van der Waals surface area contributed by atoms with Gasteiger partial charge in [0.15, 0.2) is 5.82 Å². The minimum Gasteiger partial charge on any atom is -0.398 e. The molecule has 1 unspecified atom stereocenters. The SMILES string of the molecule is CC(c1ccccc1)n1nnnc1-c1cc(F)ccc1N. The summed E-state index contributed by atoms with van der Waals surface area (Å²) in [7, 11) is 0. The molecule has 6 heteroatoms. The quantitative estimate of drug-likeness (QED) is 0.750. The lowest BCUT2D eigenvalue weighted by Crippen LogP contribution is -2.11. The summed E-state index contributed by atoms with van der Waals surface area (Å²) in [6.07, 6.45) is 0. The minimum atomic E-state index is -0.374. The van der Waals surface area contributed by atoms with Crippen LogP contribution in [0.25, 0.3) is 11.4 Å². The molecule has 3 rings (SSSR count). The van der Waals surface area contributed by atoms with Crippen molar-refractivity contribution >= 4 is 5.69 Å². The van der Waals surface area contributed by atoms with Crippen molar-refractivity contribution in [3.05, 3.63) is 59.9 Å². The molecule has 0 saturated heterocycles. The fraction of sp³-hybridized carbons (Fsp3) is 0.133. The zero-order valence-electron chi connectivity index (χ0n) is 11.4. The Morgan fingerprint density at radius 2 is 1.90 bits per heavy atom. The van der Waals surface area contributed by atoms with Gasteiger partial charge in [-0.05, 0) is 41.1 Å². The van der Waals surface area contributed by atoms with Gasteiger partial charge in [-0.3, -0.25) is 0 Å². The number of benzene rings is 2. The van der Waals surface area contributed by atoms with E-state index < -0.39 is 0 Å². The third-order valence-corrected chi connectivity index (χ3v) is 3.40. The molecular formula is C15H14FN5. The Morgan fingerprint density at radius 1 is 1.14 bits per heavy atom. The van der Waals surface area contributed by atoms with Crippen LogP contribution in [0, 0.1) is 5.82 Å². The average Bonchev–Trinajstić information content (AvgIpc) is 2.99. The Labute approximate surface area is 121 Å². The largest absolute Gasteiger partial charge is 0.398 e. The maximum Gasteiger partial charge on any atom is 0.184 e. The lowest BCUT2D eigenvalue weighted by atomic mass is 10.1. The Morgan fingerprint density at radius 3 is 2.67 bits per heavy atom. The molecule has 21 heavy (non-hydrogen) atoms. The summed E-state index contributed by atoms with van der Waals surface area (Å²) >= 11 is 0. The number of halogens is 1. The van der Waals surface area contributed by atoms with Crippen molar-refractivity contribution in [1.29, 1.82) is 0 Å². The second-order valence-corrected chi connectivity index (χ2v) is 4.77. The molecule has 0 aliphatic rings. The maximum absolute atomic E-state index is 13.5. The van der Waals surface area contributed by atoms with E-state index in [9.17, 15) is 4.39 Å². The zero-order valence-corrected chi connectivity index (χ0v) is 11.4. The molecule has 1 atom stereocenters. The van der Waals surface area contributed by atoms with Crippen LogP contribution in [-0.2, 0) is 0 Å². The first-order valence-corrected chi connectivity index (χ1v) is 6.55. The Balaban J connectivity index is 2.07. The van der Waals surface area contributed by atoms with Gasteiger partial charge in [-0.1, -0.05) is 30.3 Å². The highest BCUT2D eigenvalue weighted by Gasteiger charge is 2.18. The minimum absolute atomic E-state index is 0.0844. The van der Waals surface area contributed by atoms with Crippen LogP contribution in [0.2, 0.25) is 0 Å². The maximum atomic E-state index is 13.5. The number of nitrogens with zero attached hydrogens (tertiary/aromatic N) is 4. The average molecular weight is 283 g/mol. The van der Waals surface area contributed by atoms with Crippen molar-refractivity contribution in [2.45, 2.75) is 13.0 Å². The molecule has 2 N–H and O–H groups in total. The molecule has 0 radical (unpaired) electrons. The van der Waals surface area contributed by atoms with E-state index in [1.54, 1.807) is 4.68 Å². The predicted octanol–water partition coefficient (Wildman–Crippen LogP) is 2.67. The number of aromatic nitrogens is 4. The molecule has 0 aliphatic heterocycles. The van der Waals surface area contributed by atoms with Gasteiger partial charge in [0.05, 0.1) is 6.04 Å². The number of rotatable bonds is 3. The van der Waals surface area contributed by atoms with Crippen LogP contribution in [-0.4, -0.2) is 20.2 Å². The molecule has 0 aliphatic carbocycles. The van der Waals surface area contributed by atoms with Crippen molar-refractivity contribution in [1.82, 2.24) is 20.2 Å². The summed E-state index contributed by atoms with van der Waals surface area (Å²) in [6.45, 7) is 1.98. The molecule has 3 aromatic rings. The van der Waals surface area contributed by atoms with Crippen molar-refractivity contribution in [3.63, 3.8) is 0 Å². The van der Waals surface area contributed by atoms with E-state index in [0.29, 0.717) is 17.1 Å². The molecule has 2 aromatic carbocycles. The van der Waals surface area contributed by atoms with E-state index in [0.717, 1.165) is 5.56 Å². The molecule has 106 valence electrons. The van der Waals surface area contributed by atoms with Gasteiger partial charge in [0, 0.05) is 11.3 Å². The van der Waals surface area contributed by atoms with Crippen molar-refractivity contribution in [3.8, 4) is 11.4 Å². The number of nitrogen functional groups attached to an aromatic ring is 1. The third-order valence-electron chi connectivity index (χ3n) is 3.40. The second kappa shape index (κ2) is 5.32. The Hall–Kier alpha value is -2.76. The Kier molecular flexibility index (Phi) is 3.35. The summed E-state index contributed by atoms with van der Waals surface area (Å²) in [5.74, 6) is 0.0736. The van der Waals surface area contributed by atoms with Gasteiger partial charge in [-0.15, -0.1) is 5.10 Å². The summed E-state index contributed by atoms with van der Waals surface area (Å²) in [4.78, 5) is 0. The van der Waals surface area contributed by atoms with Crippen LogP contribution >= 0.6 is 0 Å². The first-order chi connectivity index (χ1) is 10.2. The number of hydrogen-bond donors (Lipinski definition) is 1. The first-order valence-electron chi connectivity index (χ1n) is 6.55. The normalized spacial score (nSPS) is 12.3. The molecule has 0 bridgehead atoms. The molecule has 0 spiro atoms. The number of tetrazole rings is 1.